The van der Waals surface area contributed by atoms with Crippen LogP contribution in [-0.2, 0) is 15.0 Å². The summed E-state index contributed by atoms with van der Waals surface area (Å²) < 4.78 is 0. The second-order valence-corrected chi connectivity index (χ2v) is 7.65. The molecular weight excluding hydrogens is 382 g/mol. The van der Waals surface area contributed by atoms with Gasteiger partial charge in [-0.25, -0.2) is 0 Å². The highest BCUT2D eigenvalue weighted by atomic mass is 16.6. The van der Waals surface area contributed by atoms with Crippen LogP contribution in [0.3, 0.4) is 0 Å². The van der Waals surface area contributed by atoms with Crippen LogP contribution in [0.5, 0.6) is 0 Å². The third-order valence-corrected chi connectivity index (χ3v) is 5.31. The lowest BCUT2D eigenvalue weighted by Crippen LogP contribution is -2.23. The summed E-state index contributed by atoms with van der Waals surface area (Å²) >= 11 is 0. The van der Waals surface area contributed by atoms with E-state index in [-0.39, 0.29) is 22.5 Å². The number of allylic oxidation sites excluding steroid dienone is 3. The van der Waals surface area contributed by atoms with Crippen molar-refractivity contribution in [2.45, 2.75) is 26.2 Å². The van der Waals surface area contributed by atoms with Crippen LogP contribution in [0.4, 0.5) is 17.1 Å². The molecule has 30 heavy (non-hydrogen) atoms. The SMILES string of the molecule is CC(=O)/C(=C\C=C1/N(C)c2ccccc2C1(C)C)C(=O)Nc1ccc([N+](=O)[O-])cc1. The lowest BCUT2D eigenvalue weighted by molar-refractivity contribution is -0.384. The first-order valence-corrected chi connectivity index (χ1v) is 9.45. The highest BCUT2D eigenvalue weighted by Crippen LogP contribution is 2.46. The minimum atomic E-state index is -0.566. The van der Waals surface area contributed by atoms with E-state index in [0.717, 1.165) is 11.4 Å². The molecular formula is C23H23N3O4. The number of carbonyl (C=O) groups excluding carboxylic acids is 2. The Bertz CT molecular complexity index is 1080. The molecule has 0 atom stereocenters. The number of non-ortho nitro benzene ring substituents is 1. The molecule has 0 aliphatic carbocycles. The fraction of sp³-hybridized carbons (Fsp3) is 0.217. The Labute approximate surface area is 174 Å². The third kappa shape index (κ3) is 3.87. The van der Waals surface area contributed by atoms with Gasteiger partial charge in [0, 0.05) is 41.7 Å². The molecule has 2 aromatic rings. The van der Waals surface area contributed by atoms with Gasteiger partial charge < -0.3 is 10.2 Å². The zero-order chi connectivity index (χ0) is 22.1. The minimum absolute atomic E-state index is 0.000934. The molecule has 3 rings (SSSR count). The molecule has 0 bridgehead atoms. The van der Waals surface area contributed by atoms with Gasteiger partial charge in [0.05, 0.1) is 10.5 Å². The highest BCUT2D eigenvalue weighted by Gasteiger charge is 2.37. The van der Waals surface area contributed by atoms with Gasteiger partial charge >= 0.3 is 0 Å². The van der Waals surface area contributed by atoms with Crippen molar-refractivity contribution in [3.8, 4) is 0 Å². The fourth-order valence-electron chi connectivity index (χ4n) is 3.68. The molecule has 1 aliphatic rings. The standard InChI is InChI=1S/C23H23N3O4/c1-15(27)18(22(28)24-16-9-11-17(12-10-16)26(29)30)13-14-21-23(2,3)19-7-5-6-8-20(19)25(21)4/h5-14H,1-4H3,(H,24,28)/b18-13+,21-14-. The summed E-state index contributed by atoms with van der Waals surface area (Å²) in [5, 5.41) is 13.4. The van der Waals surface area contributed by atoms with Crippen molar-refractivity contribution in [2.75, 3.05) is 17.3 Å². The number of rotatable bonds is 5. The van der Waals surface area contributed by atoms with Gasteiger partial charge in [0.15, 0.2) is 5.78 Å². The lowest BCUT2D eigenvalue weighted by Gasteiger charge is -2.23. The minimum Gasteiger partial charge on any atom is -0.347 e. The largest absolute Gasteiger partial charge is 0.347 e. The van der Waals surface area contributed by atoms with Crippen LogP contribution in [0.2, 0.25) is 0 Å². The molecule has 154 valence electrons. The number of ketones is 1. The van der Waals surface area contributed by atoms with Gasteiger partial charge in [-0.3, -0.25) is 19.7 Å². The summed E-state index contributed by atoms with van der Waals surface area (Å²) in [5.74, 6) is -0.939. The Morgan fingerprint density at radius 1 is 1.10 bits per heavy atom. The van der Waals surface area contributed by atoms with E-state index >= 15 is 0 Å². The van der Waals surface area contributed by atoms with Crippen LogP contribution in [-0.4, -0.2) is 23.7 Å². The van der Waals surface area contributed by atoms with E-state index in [9.17, 15) is 19.7 Å². The number of nitrogens with one attached hydrogen (secondary N) is 1. The van der Waals surface area contributed by atoms with E-state index in [0.29, 0.717) is 5.69 Å². The van der Waals surface area contributed by atoms with Crippen LogP contribution in [0.25, 0.3) is 0 Å². The monoisotopic (exact) mass is 405 g/mol. The quantitative estimate of drug-likeness (QED) is 0.262. The zero-order valence-corrected chi connectivity index (χ0v) is 17.3. The second-order valence-electron chi connectivity index (χ2n) is 7.65. The molecule has 0 fully saturated rings. The van der Waals surface area contributed by atoms with Crippen molar-refractivity contribution >= 4 is 28.8 Å². The Hall–Kier alpha value is -3.74. The molecule has 0 saturated heterocycles. The number of likely N-dealkylation sites (N-methyl/N-ethyl adjacent to an activating group) is 1. The molecule has 1 heterocycles. The smallest absolute Gasteiger partial charge is 0.269 e. The first kappa shape index (κ1) is 21.0. The van der Waals surface area contributed by atoms with E-state index in [1.54, 1.807) is 6.08 Å². The van der Waals surface area contributed by atoms with E-state index in [1.807, 2.05) is 25.2 Å². The zero-order valence-electron chi connectivity index (χ0n) is 17.3. The normalized spacial score (nSPS) is 16.3. The summed E-state index contributed by atoms with van der Waals surface area (Å²) in [6.45, 7) is 5.52. The topological polar surface area (TPSA) is 92.6 Å². The van der Waals surface area contributed by atoms with Crippen LogP contribution in [0.15, 0.2) is 72.0 Å². The van der Waals surface area contributed by atoms with Crippen LogP contribution in [0.1, 0.15) is 26.3 Å². The summed E-state index contributed by atoms with van der Waals surface area (Å²) in [6.07, 6.45) is 3.33. The highest BCUT2D eigenvalue weighted by molar-refractivity contribution is 6.23. The molecule has 7 heteroatoms. The first-order valence-electron chi connectivity index (χ1n) is 9.45. The van der Waals surface area contributed by atoms with Crippen molar-refractivity contribution in [1.82, 2.24) is 0 Å². The molecule has 0 unspecified atom stereocenters. The van der Waals surface area contributed by atoms with Gasteiger partial charge in [-0.1, -0.05) is 32.0 Å². The third-order valence-electron chi connectivity index (χ3n) is 5.31. The number of carbonyl (C=O) groups is 2. The molecule has 0 aromatic heterocycles. The summed E-state index contributed by atoms with van der Waals surface area (Å²) in [5.41, 5.74) is 3.24. The number of anilines is 2. The van der Waals surface area contributed by atoms with Crippen molar-refractivity contribution in [3.05, 3.63) is 87.6 Å². The number of amides is 1. The van der Waals surface area contributed by atoms with E-state index < -0.39 is 10.8 Å². The van der Waals surface area contributed by atoms with Gasteiger partial charge in [0.1, 0.15) is 0 Å². The summed E-state index contributed by atoms with van der Waals surface area (Å²) in [4.78, 5) is 37.1. The van der Waals surface area contributed by atoms with Gasteiger partial charge in [0.2, 0.25) is 0 Å². The fourth-order valence-corrected chi connectivity index (χ4v) is 3.68. The molecule has 0 spiro atoms. The van der Waals surface area contributed by atoms with Crippen LogP contribution in [0, 0.1) is 10.1 Å². The number of hydrogen-bond donors (Lipinski definition) is 1. The summed E-state index contributed by atoms with van der Waals surface area (Å²) in [7, 11) is 1.96. The average molecular weight is 405 g/mol. The number of nitro benzene ring substituents is 1. The Kier molecular flexibility index (Phi) is 5.56. The molecule has 2 aromatic carbocycles. The Morgan fingerprint density at radius 3 is 2.30 bits per heavy atom. The van der Waals surface area contributed by atoms with E-state index in [4.69, 9.17) is 0 Å². The van der Waals surface area contributed by atoms with E-state index in [1.165, 1.54) is 42.8 Å². The van der Waals surface area contributed by atoms with Crippen LogP contribution >= 0.6 is 0 Å². The number of nitro groups is 1. The lowest BCUT2D eigenvalue weighted by atomic mass is 9.83. The van der Waals surface area contributed by atoms with Gasteiger partial charge in [-0.2, -0.15) is 0 Å². The van der Waals surface area contributed by atoms with Gasteiger partial charge in [0.25, 0.3) is 11.6 Å². The predicted octanol–water partition coefficient (Wildman–Crippen LogP) is 4.36. The average Bonchev–Trinajstić information content (AvgIpc) is 2.89. The number of nitrogens with zero attached hydrogens (tertiary/aromatic N) is 2. The Morgan fingerprint density at radius 2 is 1.73 bits per heavy atom. The predicted molar refractivity (Wildman–Crippen MR) is 116 cm³/mol. The maximum atomic E-state index is 12.7. The molecule has 0 radical (unpaired) electrons. The van der Waals surface area contributed by atoms with Gasteiger partial charge in [-0.05, 0) is 42.8 Å². The first-order chi connectivity index (χ1) is 14.1. The molecule has 7 nitrogen and oxygen atoms in total. The van der Waals surface area contributed by atoms with Gasteiger partial charge in [-0.15, -0.1) is 0 Å². The molecule has 1 N–H and O–H groups in total. The number of hydrogen-bond acceptors (Lipinski definition) is 5. The molecule has 1 amide bonds. The summed E-state index contributed by atoms with van der Waals surface area (Å²) in [6, 6.07) is 13.5. The number of benzene rings is 2. The van der Waals surface area contributed by atoms with Crippen LogP contribution < -0.4 is 10.2 Å². The maximum Gasteiger partial charge on any atom is 0.269 e. The Balaban J connectivity index is 1.88. The molecule has 1 aliphatic heterocycles. The number of Topliss-reactive ketones (excluding diaryl/α,β-unsaturated/α-hetero) is 1. The number of para-hydroxylation sites is 1. The van der Waals surface area contributed by atoms with Crippen molar-refractivity contribution in [2.24, 2.45) is 0 Å². The van der Waals surface area contributed by atoms with Crippen molar-refractivity contribution < 1.29 is 14.5 Å². The maximum absolute atomic E-state index is 12.7. The van der Waals surface area contributed by atoms with Crippen molar-refractivity contribution in [3.63, 3.8) is 0 Å². The number of fused-ring (bicyclic) bond motifs is 1. The van der Waals surface area contributed by atoms with E-state index in [2.05, 4.69) is 30.1 Å². The second kappa shape index (κ2) is 7.94. The van der Waals surface area contributed by atoms with Crippen molar-refractivity contribution in [1.29, 1.82) is 0 Å². The molecule has 0 saturated carbocycles.